The zero-order chi connectivity index (χ0) is 14.0. The van der Waals surface area contributed by atoms with E-state index in [0.29, 0.717) is 16.1 Å². The lowest BCUT2D eigenvalue weighted by Gasteiger charge is -2.13. The number of rotatable bonds is 5. The summed E-state index contributed by atoms with van der Waals surface area (Å²) in [5.41, 5.74) is 1.08. The van der Waals surface area contributed by atoms with E-state index in [1.165, 1.54) is 7.11 Å². The van der Waals surface area contributed by atoms with E-state index in [2.05, 4.69) is 14.9 Å². The van der Waals surface area contributed by atoms with Crippen LogP contribution in [0.3, 0.4) is 0 Å². The second kappa shape index (κ2) is 5.36. The van der Waals surface area contributed by atoms with E-state index >= 15 is 0 Å². The molecule has 2 rings (SSSR count). The average molecular weight is 304 g/mol. The zero-order valence-corrected chi connectivity index (χ0v) is 12.0. The van der Waals surface area contributed by atoms with Crippen molar-refractivity contribution in [3.8, 4) is 0 Å². The number of hydrogen-bond acceptors (Lipinski definition) is 4. The van der Waals surface area contributed by atoms with Gasteiger partial charge in [0.05, 0.1) is 34.3 Å². The van der Waals surface area contributed by atoms with Crippen LogP contribution in [-0.2, 0) is 14.8 Å². The Morgan fingerprint density at radius 3 is 2.95 bits per heavy atom. The van der Waals surface area contributed by atoms with Crippen LogP contribution in [0.2, 0.25) is 5.02 Å². The maximum absolute atomic E-state index is 11.9. The molecule has 0 aliphatic carbocycles. The summed E-state index contributed by atoms with van der Waals surface area (Å²) < 4.78 is 31.2. The van der Waals surface area contributed by atoms with Crippen LogP contribution < -0.4 is 4.72 Å². The normalized spacial score (nSPS) is 13.6. The molecule has 0 fully saturated rings. The quantitative estimate of drug-likeness (QED) is 0.884. The minimum atomic E-state index is -3.51. The smallest absolute Gasteiger partial charge is 0.235 e. The lowest BCUT2D eigenvalue weighted by atomic mass is 10.2. The van der Waals surface area contributed by atoms with Gasteiger partial charge in [0.15, 0.2) is 0 Å². The number of aromatic nitrogens is 2. The van der Waals surface area contributed by atoms with Gasteiger partial charge in [-0.05, 0) is 19.1 Å². The number of aromatic amines is 1. The Morgan fingerprint density at radius 1 is 1.53 bits per heavy atom. The molecule has 2 N–H and O–H groups in total. The highest BCUT2D eigenvalue weighted by Crippen LogP contribution is 2.30. The lowest BCUT2D eigenvalue weighted by molar-refractivity contribution is 0.136. The summed E-state index contributed by atoms with van der Waals surface area (Å²) in [6, 6.07) is 3.31. The molecule has 1 aromatic heterocycles. The molecule has 2 aromatic rings. The maximum atomic E-state index is 11.9. The van der Waals surface area contributed by atoms with Gasteiger partial charge in [0.25, 0.3) is 0 Å². The molecule has 0 saturated heterocycles. The molecule has 0 radical (unpaired) electrons. The predicted octanol–water partition coefficient (Wildman–Crippen LogP) is 1.99. The monoisotopic (exact) mass is 303 g/mol. The molecule has 8 heteroatoms. The molecule has 1 aromatic carbocycles. The van der Waals surface area contributed by atoms with Gasteiger partial charge in [-0.3, -0.25) is 9.82 Å². The van der Waals surface area contributed by atoms with Crippen LogP contribution in [0, 0.1) is 0 Å². The first-order valence-corrected chi connectivity index (χ1v) is 7.61. The summed E-state index contributed by atoms with van der Waals surface area (Å²) in [4.78, 5) is 0. The fourth-order valence-corrected chi connectivity index (χ4v) is 3.31. The number of anilines is 1. The van der Waals surface area contributed by atoms with Gasteiger partial charge in [-0.25, -0.2) is 8.42 Å². The van der Waals surface area contributed by atoms with E-state index in [1.807, 2.05) is 0 Å². The number of halogens is 1. The van der Waals surface area contributed by atoms with E-state index in [4.69, 9.17) is 16.3 Å². The number of benzene rings is 1. The summed E-state index contributed by atoms with van der Waals surface area (Å²) in [5, 5.41) is 7.60. The first-order chi connectivity index (χ1) is 8.93. The maximum Gasteiger partial charge on any atom is 0.235 e. The van der Waals surface area contributed by atoms with Gasteiger partial charge in [0.1, 0.15) is 0 Å². The van der Waals surface area contributed by atoms with Crippen LogP contribution >= 0.6 is 11.6 Å². The highest BCUT2D eigenvalue weighted by molar-refractivity contribution is 7.92. The molecular formula is C11H14ClN3O3S. The Hall–Kier alpha value is -1.31. The van der Waals surface area contributed by atoms with Crippen molar-refractivity contribution in [2.24, 2.45) is 0 Å². The minimum absolute atomic E-state index is 0.136. The van der Waals surface area contributed by atoms with E-state index in [9.17, 15) is 8.42 Å². The number of nitrogens with one attached hydrogen (secondary N) is 2. The third-order valence-electron chi connectivity index (χ3n) is 2.68. The van der Waals surface area contributed by atoms with E-state index in [-0.39, 0.29) is 5.75 Å². The molecule has 0 spiro atoms. The molecule has 0 saturated carbocycles. The third-order valence-corrected chi connectivity index (χ3v) is 4.53. The Bertz CT molecular complexity index is 684. The Kier molecular flexibility index (Phi) is 3.98. The number of hydrogen-bond donors (Lipinski definition) is 2. The number of nitrogens with zero attached hydrogens (tertiary/aromatic N) is 1. The number of methoxy groups -OCH3 is 1. The summed E-state index contributed by atoms with van der Waals surface area (Å²) in [6.45, 7) is 1.68. The molecule has 0 aliphatic heterocycles. The van der Waals surface area contributed by atoms with Gasteiger partial charge in [0, 0.05) is 12.5 Å². The van der Waals surface area contributed by atoms with Crippen molar-refractivity contribution in [2.45, 2.75) is 13.0 Å². The highest BCUT2D eigenvalue weighted by atomic mass is 35.5. The van der Waals surface area contributed by atoms with E-state index < -0.39 is 16.1 Å². The fourth-order valence-electron chi connectivity index (χ4n) is 1.65. The van der Waals surface area contributed by atoms with Crippen molar-refractivity contribution in [1.29, 1.82) is 0 Å². The largest absolute Gasteiger partial charge is 0.381 e. The lowest BCUT2D eigenvalue weighted by Crippen LogP contribution is -2.25. The van der Waals surface area contributed by atoms with Gasteiger partial charge < -0.3 is 4.74 Å². The van der Waals surface area contributed by atoms with Crippen LogP contribution in [0.4, 0.5) is 5.69 Å². The molecule has 1 heterocycles. The van der Waals surface area contributed by atoms with Crippen LogP contribution in [0.5, 0.6) is 0 Å². The molecule has 0 bridgehead atoms. The van der Waals surface area contributed by atoms with Crippen molar-refractivity contribution in [3.63, 3.8) is 0 Å². The second-order valence-corrected chi connectivity index (χ2v) is 6.33. The molecule has 0 aliphatic rings. The van der Waals surface area contributed by atoms with Crippen LogP contribution in [0.25, 0.3) is 10.9 Å². The Morgan fingerprint density at radius 2 is 2.26 bits per heavy atom. The van der Waals surface area contributed by atoms with Crippen molar-refractivity contribution < 1.29 is 13.2 Å². The summed E-state index contributed by atoms with van der Waals surface area (Å²) in [5.74, 6) is -0.136. The van der Waals surface area contributed by atoms with E-state index in [1.54, 1.807) is 25.3 Å². The Balaban J connectivity index is 2.28. The van der Waals surface area contributed by atoms with Crippen molar-refractivity contribution in [3.05, 3.63) is 23.4 Å². The summed E-state index contributed by atoms with van der Waals surface area (Å²) in [7, 11) is -2.05. The van der Waals surface area contributed by atoms with Gasteiger partial charge in [-0.1, -0.05) is 11.6 Å². The van der Waals surface area contributed by atoms with Crippen molar-refractivity contribution >= 4 is 38.2 Å². The van der Waals surface area contributed by atoms with Crippen LogP contribution in [-0.4, -0.2) is 37.6 Å². The molecule has 6 nitrogen and oxygen atoms in total. The van der Waals surface area contributed by atoms with Gasteiger partial charge in [-0.15, -0.1) is 0 Å². The Labute approximate surface area is 116 Å². The molecule has 1 atom stereocenters. The fraction of sp³-hybridized carbons (Fsp3) is 0.364. The third kappa shape index (κ3) is 3.17. The molecule has 104 valence electrons. The zero-order valence-electron chi connectivity index (χ0n) is 10.5. The second-order valence-electron chi connectivity index (χ2n) is 4.19. The van der Waals surface area contributed by atoms with Crippen LogP contribution in [0.1, 0.15) is 6.92 Å². The van der Waals surface area contributed by atoms with Crippen molar-refractivity contribution in [2.75, 3.05) is 17.6 Å². The number of sulfonamides is 1. The van der Waals surface area contributed by atoms with Gasteiger partial charge >= 0.3 is 0 Å². The van der Waals surface area contributed by atoms with Gasteiger partial charge in [-0.2, -0.15) is 5.10 Å². The first kappa shape index (κ1) is 14.1. The first-order valence-electron chi connectivity index (χ1n) is 5.58. The molecule has 1 unspecified atom stereocenters. The highest BCUT2D eigenvalue weighted by Gasteiger charge is 2.17. The molecular weight excluding hydrogens is 290 g/mol. The summed E-state index contributed by atoms with van der Waals surface area (Å²) in [6.07, 6.45) is 1.15. The summed E-state index contributed by atoms with van der Waals surface area (Å²) >= 11 is 6.14. The topological polar surface area (TPSA) is 84.1 Å². The average Bonchev–Trinajstić information content (AvgIpc) is 2.81. The standard InChI is InChI=1S/C11H14ClN3O3S/c1-7(18-2)6-19(16,17)15-10-4-3-9-8(11(10)12)5-13-14-9/h3-5,7,15H,6H2,1-2H3,(H,13,14). The van der Waals surface area contributed by atoms with Gasteiger partial charge in [0.2, 0.25) is 10.0 Å². The minimum Gasteiger partial charge on any atom is -0.381 e. The molecule has 0 amide bonds. The SMILES string of the molecule is COC(C)CS(=O)(=O)Nc1ccc2[nH]ncc2c1Cl. The number of ether oxygens (including phenoxy) is 1. The van der Waals surface area contributed by atoms with Crippen LogP contribution in [0.15, 0.2) is 18.3 Å². The molecule has 19 heavy (non-hydrogen) atoms. The van der Waals surface area contributed by atoms with E-state index in [0.717, 1.165) is 5.52 Å². The van der Waals surface area contributed by atoms with Crippen molar-refractivity contribution in [1.82, 2.24) is 10.2 Å². The number of fused-ring (bicyclic) bond motifs is 1. The predicted molar refractivity (Wildman–Crippen MR) is 75.0 cm³/mol. The number of H-pyrrole nitrogens is 1.